The van der Waals surface area contributed by atoms with E-state index >= 15 is 0 Å². The van der Waals surface area contributed by atoms with Crippen LogP contribution >= 0.6 is 21.6 Å². The number of nitrogens with one attached hydrogen (secondary N) is 1. The molecule has 0 fully saturated rings. The van der Waals surface area contributed by atoms with Crippen molar-refractivity contribution in [2.24, 2.45) is 0 Å². The molecule has 0 unspecified atom stereocenters. The zero-order chi connectivity index (χ0) is 29.4. The maximum Gasteiger partial charge on any atom is 0.220 e. The van der Waals surface area contributed by atoms with E-state index in [0.29, 0.717) is 112 Å². The first-order valence-corrected chi connectivity index (χ1v) is 16.5. The Kier molecular flexibility index (Phi) is 31.6. The quantitative estimate of drug-likeness (QED) is 0.0831. The summed E-state index contributed by atoms with van der Waals surface area (Å²) in [6, 6.07) is 0. The molecule has 0 saturated carbocycles. The summed E-state index contributed by atoms with van der Waals surface area (Å²) in [5.41, 5.74) is 0. The van der Waals surface area contributed by atoms with Gasteiger partial charge in [0.25, 0.3) is 0 Å². The SMILES string of the molecule is COCCOCCOCCOCCOCCOCCOCCOCCNC(=O)CCC(C)(C)SSCCCCO. The number of aliphatic hydroxyl groups is 1. The van der Waals surface area contributed by atoms with Crippen molar-refractivity contribution in [3.63, 3.8) is 0 Å². The summed E-state index contributed by atoms with van der Waals surface area (Å²) in [5, 5.41) is 11.7. The van der Waals surface area contributed by atoms with Gasteiger partial charge >= 0.3 is 0 Å². The Balaban J connectivity index is 3.26. The predicted octanol–water partition coefficient (Wildman–Crippen LogP) is 2.58. The maximum atomic E-state index is 12.1. The van der Waals surface area contributed by atoms with Crippen molar-refractivity contribution >= 4 is 27.5 Å². The highest BCUT2D eigenvalue weighted by Gasteiger charge is 2.20. The van der Waals surface area contributed by atoms with E-state index < -0.39 is 0 Å². The molecule has 0 aromatic rings. The Hall–Kier alpha value is -0.190. The summed E-state index contributed by atoms with van der Waals surface area (Å²) in [5.74, 6) is 1.07. The second kappa shape index (κ2) is 31.7. The van der Waals surface area contributed by atoms with Gasteiger partial charge in [-0.15, -0.1) is 0 Å². The fourth-order valence-corrected chi connectivity index (χ4v) is 5.57. The van der Waals surface area contributed by atoms with Gasteiger partial charge in [0.1, 0.15) is 0 Å². The minimum absolute atomic E-state index is 0.0394. The molecule has 0 rings (SSSR count). The number of unbranched alkanes of at least 4 members (excludes halogenated alkanes) is 1. The van der Waals surface area contributed by atoms with Gasteiger partial charge in [0.2, 0.25) is 5.91 Å². The highest BCUT2D eigenvalue weighted by atomic mass is 33.1. The number of rotatable bonds is 33. The van der Waals surface area contributed by atoms with E-state index in [1.807, 2.05) is 21.6 Å². The third-order valence-electron chi connectivity index (χ3n) is 5.11. The van der Waals surface area contributed by atoms with Crippen molar-refractivity contribution in [2.75, 3.05) is 125 Å². The van der Waals surface area contributed by atoms with Gasteiger partial charge in [-0.3, -0.25) is 4.79 Å². The van der Waals surface area contributed by atoms with Gasteiger partial charge in [0.05, 0.1) is 99.1 Å². The lowest BCUT2D eigenvalue weighted by atomic mass is 10.1. The van der Waals surface area contributed by atoms with Gasteiger partial charge < -0.3 is 48.3 Å². The normalized spacial score (nSPS) is 11.8. The Morgan fingerprint density at radius 1 is 0.675 bits per heavy atom. The third-order valence-corrected chi connectivity index (χ3v) is 8.54. The van der Waals surface area contributed by atoms with Gasteiger partial charge in [-0.1, -0.05) is 21.6 Å². The summed E-state index contributed by atoms with van der Waals surface area (Å²) < 4.78 is 42.9. The molecular formula is C27H55NO10S2. The number of methoxy groups -OCH3 is 1. The highest BCUT2D eigenvalue weighted by molar-refractivity contribution is 8.77. The number of amides is 1. The van der Waals surface area contributed by atoms with Gasteiger partial charge in [0, 0.05) is 37.2 Å². The van der Waals surface area contributed by atoms with Gasteiger partial charge in [-0.2, -0.15) is 0 Å². The maximum absolute atomic E-state index is 12.1. The summed E-state index contributed by atoms with van der Waals surface area (Å²) in [6.45, 7) is 12.9. The fourth-order valence-electron chi connectivity index (χ4n) is 2.85. The van der Waals surface area contributed by atoms with E-state index in [-0.39, 0.29) is 17.3 Å². The van der Waals surface area contributed by atoms with Crippen molar-refractivity contribution in [3.8, 4) is 0 Å². The van der Waals surface area contributed by atoms with E-state index in [1.165, 1.54) is 0 Å². The van der Waals surface area contributed by atoms with Crippen LogP contribution in [0, 0.1) is 0 Å². The largest absolute Gasteiger partial charge is 0.396 e. The first-order chi connectivity index (χ1) is 19.5. The van der Waals surface area contributed by atoms with Crippen molar-refractivity contribution < 1.29 is 47.8 Å². The summed E-state index contributed by atoms with van der Waals surface area (Å²) in [7, 11) is 5.27. The first kappa shape index (κ1) is 39.8. The van der Waals surface area contributed by atoms with Crippen LogP contribution in [0.25, 0.3) is 0 Å². The Morgan fingerprint density at radius 2 is 1.10 bits per heavy atom. The van der Waals surface area contributed by atoms with Gasteiger partial charge in [-0.25, -0.2) is 0 Å². The van der Waals surface area contributed by atoms with Crippen LogP contribution in [-0.4, -0.2) is 141 Å². The molecule has 0 bridgehead atoms. The van der Waals surface area contributed by atoms with Gasteiger partial charge in [0.15, 0.2) is 0 Å². The lowest BCUT2D eigenvalue weighted by Crippen LogP contribution is -2.29. The van der Waals surface area contributed by atoms with E-state index in [4.69, 9.17) is 43.0 Å². The molecule has 0 saturated heterocycles. The van der Waals surface area contributed by atoms with Crippen LogP contribution in [0.3, 0.4) is 0 Å². The smallest absolute Gasteiger partial charge is 0.220 e. The van der Waals surface area contributed by atoms with Crippen molar-refractivity contribution in [1.82, 2.24) is 5.32 Å². The number of aliphatic hydroxyl groups excluding tert-OH is 1. The van der Waals surface area contributed by atoms with Crippen molar-refractivity contribution in [3.05, 3.63) is 0 Å². The minimum atomic E-state index is 0.0394. The number of carbonyl (C=O) groups excluding carboxylic acids is 1. The Labute approximate surface area is 249 Å². The van der Waals surface area contributed by atoms with Crippen LogP contribution < -0.4 is 5.32 Å². The second-order valence-electron chi connectivity index (χ2n) is 9.23. The van der Waals surface area contributed by atoms with Crippen LogP contribution in [0.1, 0.15) is 39.5 Å². The standard InChI is InChI=1S/C27H55NO10S2/c1-27(2,40-39-25-5-4-9-29)7-6-26(30)28-8-10-32-13-14-34-17-18-36-21-22-38-24-23-37-20-19-35-16-15-33-12-11-31-3/h29H,4-25H2,1-3H3,(H,28,30). The molecule has 0 heterocycles. The molecular weight excluding hydrogens is 562 g/mol. The molecule has 0 aromatic heterocycles. The molecule has 2 N–H and O–H groups in total. The molecule has 0 atom stereocenters. The Morgan fingerprint density at radius 3 is 1.52 bits per heavy atom. The van der Waals surface area contributed by atoms with Crippen LogP contribution in [0.15, 0.2) is 0 Å². The molecule has 1 amide bonds. The zero-order valence-electron chi connectivity index (χ0n) is 25.0. The molecule has 11 nitrogen and oxygen atoms in total. The molecule has 240 valence electrons. The molecule has 0 aliphatic heterocycles. The summed E-state index contributed by atoms with van der Waals surface area (Å²) in [6.07, 6.45) is 3.18. The third kappa shape index (κ3) is 32.3. The fraction of sp³-hybridized carbons (Fsp3) is 0.963. The molecule has 0 aromatic carbocycles. The molecule has 0 aliphatic rings. The van der Waals surface area contributed by atoms with Crippen molar-refractivity contribution in [2.45, 2.75) is 44.3 Å². The van der Waals surface area contributed by atoms with E-state index in [0.717, 1.165) is 25.0 Å². The average molecular weight is 618 g/mol. The van der Waals surface area contributed by atoms with E-state index in [1.54, 1.807) is 7.11 Å². The monoisotopic (exact) mass is 617 g/mol. The number of ether oxygens (including phenoxy) is 8. The van der Waals surface area contributed by atoms with Crippen LogP contribution in [0.4, 0.5) is 0 Å². The van der Waals surface area contributed by atoms with Crippen molar-refractivity contribution in [1.29, 1.82) is 0 Å². The lowest BCUT2D eigenvalue weighted by Gasteiger charge is -2.22. The molecule has 0 spiro atoms. The topological polar surface area (TPSA) is 123 Å². The molecule has 13 heteroatoms. The number of hydrogen-bond donors (Lipinski definition) is 2. The number of carbonyl (C=O) groups is 1. The highest BCUT2D eigenvalue weighted by Crippen LogP contribution is 2.39. The van der Waals surface area contributed by atoms with Crippen LogP contribution in [0.5, 0.6) is 0 Å². The van der Waals surface area contributed by atoms with E-state index in [9.17, 15) is 4.79 Å². The van der Waals surface area contributed by atoms with Crippen LogP contribution in [0.2, 0.25) is 0 Å². The minimum Gasteiger partial charge on any atom is -0.396 e. The zero-order valence-corrected chi connectivity index (χ0v) is 26.6. The van der Waals surface area contributed by atoms with Crippen LogP contribution in [-0.2, 0) is 42.7 Å². The average Bonchev–Trinajstić information content (AvgIpc) is 2.94. The lowest BCUT2D eigenvalue weighted by molar-refractivity contribution is -0.121. The summed E-state index contributed by atoms with van der Waals surface area (Å²) >= 11 is 0. The Bertz CT molecular complexity index is 536. The number of hydrogen-bond acceptors (Lipinski definition) is 12. The van der Waals surface area contributed by atoms with E-state index in [2.05, 4.69) is 19.2 Å². The molecule has 0 aliphatic carbocycles. The molecule has 0 radical (unpaired) electrons. The summed E-state index contributed by atoms with van der Waals surface area (Å²) in [4.78, 5) is 12.1. The molecule has 40 heavy (non-hydrogen) atoms. The first-order valence-electron chi connectivity index (χ1n) is 14.2. The second-order valence-corrected chi connectivity index (χ2v) is 12.3. The van der Waals surface area contributed by atoms with Gasteiger partial charge in [-0.05, 0) is 33.1 Å². The predicted molar refractivity (Wildman–Crippen MR) is 160 cm³/mol.